The molecular formula is C17H16. The van der Waals surface area contributed by atoms with E-state index in [9.17, 15) is 0 Å². The van der Waals surface area contributed by atoms with Crippen molar-refractivity contribution in [3.05, 3.63) is 64.7 Å². The summed E-state index contributed by atoms with van der Waals surface area (Å²) >= 11 is 0. The fraction of sp³-hybridized carbons (Fsp3) is 0.176. The predicted octanol–water partition coefficient (Wildman–Crippen LogP) is 4.58. The molecule has 0 heteroatoms. The van der Waals surface area contributed by atoms with Crippen LogP contribution in [0.4, 0.5) is 0 Å². The lowest BCUT2D eigenvalue weighted by Gasteiger charge is -2.15. The lowest BCUT2D eigenvalue weighted by molar-refractivity contribution is 1.21. The molecule has 1 aliphatic rings. The fourth-order valence-electron chi connectivity index (χ4n) is 2.78. The molecule has 0 nitrogen and oxygen atoms in total. The van der Waals surface area contributed by atoms with Gasteiger partial charge in [0.2, 0.25) is 0 Å². The maximum absolute atomic E-state index is 2.24. The standard InChI is InChI=1S/C17H16/c1-12-14-8-4-3-5-9-15(14)13(2)17-11-7-6-10-16(12)17/h3-8,10-11H,9H2,1-2H3. The van der Waals surface area contributed by atoms with Crippen molar-refractivity contribution in [3.63, 3.8) is 0 Å². The molecule has 0 atom stereocenters. The highest BCUT2D eigenvalue weighted by Gasteiger charge is 2.12. The zero-order valence-corrected chi connectivity index (χ0v) is 10.3. The second-order valence-electron chi connectivity index (χ2n) is 4.68. The van der Waals surface area contributed by atoms with Gasteiger partial charge in [0, 0.05) is 0 Å². The van der Waals surface area contributed by atoms with Crippen molar-refractivity contribution < 1.29 is 0 Å². The van der Waals surface area contributed by atoms with E-state index in [0.717, 1.165) is 6.42 Å². The summed E-state index contributed by atoms with van der Waals surface area (Å²) in [5, 5.41) is 2.78. The van der Waals surface area contributed by atoms with Crippen LogP contribution in [0.25, 0.3) is 16.8 Å². The first-order chi connectivity index (χ1) is 8.29. The van der Waals surface area contributed by atoms with Crippen molar-refractivity contribution in [2.45, 2.75) is 20.3 Å². The summed E-state index contributed by atoms with van der Waals surface area (Å²) in [6.45, 7) is 4.48. The van der Waals surface area contributed by atoms with Crippen molar-refractivity contribution in [1.29, 1.82) is 0 Å². The SMILES string of the molecule is Cc1c2c(c(C)c3ccccc13)CC=CC=C2. The molecular weight excluding hydrogens is 204 g/mol. The van der Waals surface area contributed by atoms with Crippen molar-refractivity contribution in [2.24, 2.45) is 0 Å². The molecule has 0 heterocycles. The number of hydrogen-bond donors (Lipinski definition) is 0. The molecule has 0 radical (unpaired) electrons. The molecule has 0 saturated carbocycles. The largest absolute Gasteiger partial charge is 0.0801 e. The molecule has 0 unspecified atom stereocenters. The first-order valence-electron chi connectivity index (χ1n) is 6.13. The van der Waals surface area contributed by atoms with Gasteiger partial charge < -0.3 is 0 Å². The summed E-state index contributed by atoms with van der Waals surface area (Å²) < 4.78 is 0. The van der Waals surface area contributed by atoms with Gasteiger partial charge in [-0.05, 0) is 53.3 Å². The summed E-state index contributed by atoms with van der Waals surface area (Å²) in [6, 6.07) is 8.71. The lowest BCUT2D eigenvalue weighted by atomic mass is 9.89. The molecule has 0 amide bonds. The zero-order chi connectivity index (χ0) is 11.8. The number of fused-ring (bicyclic) bond motifs is 2. The van der Waals surface area contributed by atoms with E-state index in [4.69, 9.17) is 0 Å². The molecule has 0 spiro atoms. The molecule has 0 bridgehead atoms. The number of rotatable bonds is 0. The number of hydrogen-bond acceptors (Lipinski definition) is 0. The average molecular weight is 220 g/mol. The topological polar surface area (TPSA) is 0 Å². The van der Waals surface area contributed by atoms with E-state index >= 15 is 0 Å². The highest BCUT2D eigenvalue weighted by Crippen LogP contribution is 2.32. The van der Waals surface area contributed by atoms with Gasteiger partial charge in [0.15, 0.2) is 0 Å². The molecule has 1 aliphatic carbocycles. The van der Waals surface area contributed by atoms with Crippen LogP contribution in [0.1, 0.15) is 22.3 Å². The van der Waals surface area contributed by atoms with Crippen molar-refractivity contribution >= 4 is 16.8 Å². The normalized spacial score (nSPS) is 13.8. The molecule has 2 aromatic rings. The van der Waals surface area contributed by atoms with Crippen LogP contribution in [0.15, 0.2) is 42.5 Å². The number of benzene rings is 2. The Bertz CT molecular complexity index is 643. The van der Waals surface area contributed by atoms with E-state index < -0.39 is 0 Å². The summed E-state index contributed by atoms with van der Waals surface area (Å²) in [4.78, 5) is 0. The number of allylic oxidation sites excluding steroid dienone is 3. The monoisotopic (exact) mass is 220 g/mol. The van der Waals surface area contributed by atoms with Crippen LogP contribution >= 0.6 is 0 Å². The van der Waals surface area contributed by atoms with Crippen molar-refractivity contribution in [3.8, 4) is 0 Å². The molecule has 0 aromatic heterocycles. The van der Waals surface area contributed by atoms with E-state index in [1.807, 2.05) is 0 Å². The van der Waals surface area contributed by atoms with E-state index in [-0.39, 0.29) is 0 Å². The van der Waals surface area contributed by atoms with Crippen molar-refractivity contribution in [2.75, 3.05) is 0 Å². The fourth-order valence-corrected chi connectivity index (χ4v) is 2.78. The van der Waals surface area contributed by atoms with Gasteiger partial charge >= 0.3 is 0 Å². The van der Waals surface area contributed by atoms with E-state index in [1.54, 1.807) is 0 Å². The number of aryl methyl sites for hydroxylation is 2. The van der Waals surface area contributed by atoms with Crippen molar-refractivity contribution in [1.82, 2.24) is 0 Å². The van der Waals surface area contributed by atoms with E-state index in [0.29, 0.717) is 0 Å². The van der Waals surface area contributed by atoms with Crippen LogP contribution in [-0.2, 0) is 6.42 Å². The third-order valence-electron chi connectivity index (χ3n) is 3.75. The first-order valence-corrected chi connectivity index (χ1v) is 6.13. The van der Waals surface area contributed by atoms with Gasteiger partial charge in [0.25, 0.3) is 0 Å². The van der Waals surface area contributed by atoms with Gasteiger partial charge in [-0.1, -0.05) is 48.6 Å². The van der Waals surface area contributed by atoms with Crippen LogP contribution in [0.3, 0.4) is 0 Å². The molecule has 84 valence electrons. The average Bonchev–Trinajstić information content (AvgIpc) is 2.62. The minimum Gasteiger partial charge on any atom is -0.0801 e. The van der Waals surface area contributed by atoms with E-state index in [1.165, 1.54) is 33.0 Å². The highest BCUT2D eigenvalue weighted by molar-refractivity contribution is 5.93. The predicted molar refractivity (Wildman–Crippen MR) is 75.3 cm³/mol. The molecule has 0 aliphatic heterocycles. The van der Waals surface area contributed by atoms with Gasteiger partial charge in [0.05, 0.1) is 0 Å². The minimum absolute atomic E-state index is 1.04. The minimum atomic E-state index is 1.04. The van der Waals surface area contributed by atoms with E-state index in [2.05, 4.69) is 62.4 Å². The third kappa shape index (κ3) is 1.52. The maximum atomic E-state index is 2.24. The quantitative estimate of drug-likeness (QED) is 0.609. The Morgan fingerprint density at radius 3 is 2.35 bits per heavy atom. The molecule has 0 saturated heterocycles. The van der Waals surface area contributed by atoms with Crippen LogP contribution < -0.4 is 0 Å². The van der Waals surface area contributed by atoms with Gasteiger partial charge in [-0.2, -0.15) is 0 Å². The Morgan fingerprint density at radius 2 is 1.59 bits per heavy atom. The first kappa shape index (κ1) is 10.3. The summed E-state index contributed by atoms with van der Waals surface area (Å²) in [7, 11) is 0. The van der Waals surface area contributed by atoms with Gasteiger partial charge in [0.1, 0.15) is 0 Å². The third-order valence-corrected chi connectivity index (χ3v) is 3.75. The van der Waals surface area contributed by atoms with Gasteiger partial charge in [-0.3, -0.25) is 0 Å². The second kappa shape index (κ2) is 3.89. The summed E-state index contributed by atoms with van der Waals surface area (Å²) in [5.74, 6) is 0. The maximum Gasteiger partial charge on any atom is -0.00854 e. The van der Waals surface area contributed by atoms with Crippen LogP contribution in [0, 0.1) is 13.8 Å². The molecule has 17 heavy (non-hydrogen) atoms. The Labute approximate surface area is 102 Å². The molecule has 3 rings (SSSR count). The summed E-state index contributed by atoms with van der Waals surface area (Å²) in [6.07, 6.45) is 9.81. The van der Waals surface area contributed by atoms with Crippen LogP contribution in [-0.4, -0.2) is 0 Å². The highest BCUT2D eigenvalue weighted by atomic mass is 14.2. The smallest absolute Gasteiger partial charge is 0.00854 e. The summed E-state index contributed by atoms with van der Waals surface area (Å²) in [5.41, 5.74) is 5.72. The van der Waals surface area contributed by atoms with Gasteiger partial charge in [-0.25, -0.2) is 0 Å². The Balaban J connectivity index is 2.47. The van der Waals surface area contributed by atoms with Gasteiger partial charge in [-0.15, -0.1) is 0 Å². The lowest BCUT2D eigenvalue weighted by Crippen LogP contribution is -1.97. The second-order valence-corrected chi connectivity index (χ2v) is 4.68. The Kier molecular flexibility index (Phi) is 2.36. The van der Waals surface area contributed by atoms with Crippen LogP contribution in [0.2, 0.25) is 0 Å². The zero-order valence-electron chi connectivity index (χ0n) is 10.3. The Morgan fingerprint density at radius 1 is 0.882 bits per heavy atom. The molecule has 0 fully saturated rings. The van der Waals surface area contributed by atoms with Crippen LogP contribution in [0.5, 0.6) is 0 Å². The molecule has 2 aromatic carbocycles. The molecule has 0 N–H and O–H groups in total. The Hall–Kier alpha value is -1.82.